The Bertz CT molecular complexity index is 1130. The van der Waals surface area contributed by atoms with Crippen LogP contribution in [0, 0.1) is 0 Å². The summed E-state index contributed by atoms with van der Waals surface area (Å²) in [6.07, 6.45) is 0. The molecule has 0 bridgehead atoms. The number of hydrogen-bond acceptors (Lipinski definition) is 6. The van der Waals surface area contributed by atoms with Crippen LogP contribution in [0.4, 0.5) is 11.4 Å². The van der Waals surface area contributed by atoms with Gasteiger partial charge in [0.15, 0.2) is 6.61 Å². The van der Waals surface area contributed by atoms with E-state index in [0.29, 0.717) is 17.9 Å². The maximum atomic E-state index is 13.0. The number of nitrogens with zero attached hydrogens (tertiary/aromatic N) is 1. The number of fused-ring (bicyclic) bond motifs is 2. The number of carbonyl (C=O) groups excluding carboxylic acids is 3. The van der Waals surface area contributed by atoms with Crippen molar-refractivity contribution < 1.29 is 23.9 Å². The molecular formula is C25H22N2O5S. The Morgan fingerprint density at radius 3 is 2.09 bits per heavy atom. The second-order valence-corrected chi connectivity index (χ2v) is 8.15. The van der Waals surface area contributed by atoms with Crippen LogP contribution in [0.5, 0.6) is 5.75 Å². The Morgan fingerprint density at radius 2 is 1.48 bits per heavy atom. The van der Waals surface area contributed by atoms with Gasteiger partial charge in [0.25, 0.3) is 11.8 Å². The van der Waals surface area contributed by atoms with Crippen molar-refractivity contribution in [3.63, 3.8) is 0 Å². The lowest BCUT2D eigenvalue weighted by molar-refractivity contribution is -0.146. The van der Waals surface area contributed by atoms with Gasteiger partial charge in [0.2, 0.25) is 0 Å². The minimum absolute atomic E-state index is 0.345. The average Bonchev–Trinajstić information content (AvgIpc) is 2.85. The number of anilines is 2. The number of ether oxygens (including phenoxy) is 2. The lowest BCUT2D eigenvalue weighted by atomic mass is 10.2. The highest BCUT2D eigenvalue weighted by Crippen LogP contribution is 2.47. The van der Waals surface area contributed by atoms with E-state index in [-0.39, 0.29) is 12.5 Å². The largest absolute Gasteiger partial charge is 0.494 e. The zero-order valence-electron chi connectivity index (χ0n) is 17.9. The van der Waals surface area contributed by atoms with Gasteiger partial charge < -0.3 is 14.8 Å². The van der Waals surface area contributed by atoms with Crippen LogP contribution in [0.25, 0.3) is 0 Å². The summed E-state index contributed by atoms with van der Waals surface area (Å²) in [7, 11) is 0. The van der Waals surface area contributed by atoms with Gasteiger partial charge in [-0.15, -0.1) is 0 Å². The minimum Gasteiger partial charge on any atom is -0.494 e. The van der Waals surface area contributed by atoms with Gasteiger partial charge in [-0.2, -0.15) is 0 Å². The van der Waals surface area contributed by atoms with Gasteiger partial charge in [-0.1, -0.05) is 36.0 Å². The molecule has 33 heavy (non-hydrogen) atoms. The second-order valence-electron chi connectivity index (χ2n) is 7.07. The first-order valence-corrected chi connectivity index (χ1v) is 11.2. The highest BCUT2D eigenvalue weighted by molar-refractivity contribution is 7.99. The van der Waals surface area contributed by atoms with Crippen molar-refractivity contribution in [3.8, 4) is 5.75 Å². The Morgan fingerprint density at radius 1 is 0.879 bits per heavy atom. The first-order valence-electron chi connectivity index (χ1n) is 10.4. The summed E-state index contributed by atoms with van der Waals surface area (Å²) in [6.45, 7) is 1.62. The predicted molar refractivity (Wildman–Crippen MR) is 125 cm³/mol. The van der Waals surface area contributed by atoms with Crippen molar-refractivity contribution in [2.75, 3.05) is 24.7 Å². The van der Waals surface area contributed by atoms with Crippen LogP contribution in [0.3, 0.4) is 0 Å². The molecule has 0 fully saturated rings. The molecule has 0 saturated heterocycles. The van der Waals surface area contributed by atoms with Crippen LogP contribution in [0.2, 0.25) is 0 Å². The average molecular weight is 463 g/mol. The zero-order valence-corrected chi connectivity index (χ0v) is 18.8. The molecular weight excluding hydrogens is 440 g/mol. The van der Waals surface area contributed by atoms with Gasteiger partial charge in [-0.3, -0.25) is 19.3 Å². The zero-order chi connectivity index (χ0) is 23.2. The standard InChI is InChI=1S/C25H22N2O5S/c1-2-31-18-13-11-17(12-14-18)25(30)26-15-24(29)32-16-23(28)27-19-7-3-5-9-21(19)33-22-10-6-4-8-20(22)27/h3-14H,2,15-16H2,1H3,(H,26,30). The van der Waals surface area contributed by atoms with Crippen molar-refractivity contribution >= 4 is 40.9 Å². The number of carbonyl (C=O) groups is 3. The molecule has 0 atom stereocenters. The lowest BCUT2D eigenvalue weighted by Gasteiger charge is -2.30. The van der Waals surface area contributed by atoms with Crippen molar-refractivity contribution in [3.05, 3.63) is 78.4 Å². The van der Waals surface area contributed by atoms with E-state index in [1.807, 2.05) is 55.5 Å². The third-order valence-corrected chi connectivity index (χ3v) is 5.99. The summed E-state index contributed by atoms with van der Waals surface area (Å²) in [5.41, 5.74) is 1.87. The second kappa shape index (κ2) is 10.2. The maximum Gasteiger partial charge on any atom is 0.325 e. The monoisotopic (exact) mass is 462 g/mol. The molecule has 0 unspecified atom stereocenters. The molecule has 168 valence electrons. The van der Waals surface area contributed by atoms with E-state index in [9.17, 15) is 14.4 Å². The van der Waals surface area contributed by atoms with Crippen molar-refractivity contribution in [1.82, 2.24) is 5.32 Å². The number of para-hydroxylation sites is 2. The number of esters is 1. The highest BCUT2D eigenvalue weighted by Gasteiger charge is 2.28. The SMILES string of the molecule is CCOc1ccc(C(=O)NCC(=O)OCC(=O)N2c3ccccc3Sc3ccccc32)cc1. The van der Waals surface area contributed by atoms with E-state index in [1.54, 1.807) is 40.9 Å². The van der Waals surface area contributed by atoms with Crippen LogP contribution < -0.4 is 15.0 Å². The van der Waals surface area contributed by atoms with Gasteiger partial charge in [0.05, 0.1) is 18.0 Å². The van der Waals surface area contributed by atoms with E-state index in [2.05, 4.69) is 5.32 Å². The molecule has 0 aliphatic carbocycles. The fourth-order valence-corrected chi connectivity index (χ4v) is 4.41. The molecule has 7 nitrogen and oxygen atoms in total. The molecule has 1 aliphatic rings. The Labute approximate surface area is 195 Å². The van der Waals surface area contributed by atoms with E-state index in [0.717, 1.165) is 21.2 Å². The van der Waals surface area contributed by atoms with Gasteiger partial charge in [0.1, 0.15) is 12.3 Å². The van der Waals surface area contributed by atoms with Crippen LogP contribution in [-0.2, 0) is 14.3 Å². The van der Waals surface area contributed by atoms with Crippen LogP contribution in [0.15, 0.2) is 82.6 Å². The van der Waals surface area contributed by atoms with Crippen LogP contribution in [-0.4, -0.2) is 37.5 Å². The number of rotatable bonds is 7. The van der Waals surface area contributed by atoms with E-state index >= 15 is 0 Å². The highest BCUT2D eigenvalue weighted by atomic mass is 32.2. The summed E-state index contributed by atoms with van der Waals surface area (Å²) >= 11 is 1.58. The Balaban J connectivity index is 1.34. The molecule has 2 amide bonds. The molecule has 0 spiro atoms. The van der Waals surface area contributed by atoms with Crippen molar-refractivity contribution in [1.29, 1.82) is 0 Å². The number of amides is 2. The van der Waals surface area contributed by atoms with Gasteiger partial charge >= 0.3 is 5.97 Å². The molecule has 1 aliphatic heterocycles. The van der Waals surface area contributed by atoms with E-state index in [1.165, 1.54) is 0 Å². The van der Waals surface area contributed by atoms with E-state index < -0.39 is 18.5 Å². The van der Waals surface area contributed by atoms with E-state index in [4.69, 9.17) is 9.47 Å². The summed E-state index contributed by atoms with van der Waals surface area (Å²) < 4.78 is 10.5. The molecule has 3 aromatic carbocycles. The van der Waals surface area contributed by atoms with Crippen molar-refractivity contribution in [2.45, 2.75) is 16.7 Å². The van der Waals surface area contributed by atoms with Gasteiger partial charge in [0, 0.05) is 15.4 Å². The quantitative estimate of drug-likeness (QED) is 0.530. The summed E-state index contributed by atoms with van der Waals surface area (Å²) in [4.78, 5) is 40.9. The fraction of sp³-hybridized carbons (Fsp3) is 0.160. The third-order valence-electron chi connectivity index (χ3n) is 4.86. The fourth-order valence-electron chi connectivity index (χ4n) is 3.35. The first-order chi connectivity index (χ1) is 16.1. The number of nitrogens with one attached hydrogen (secondary N) is 1. The molecule has 4 rings (SSSR count). The third kappa shape index (κ3) is 5.18. The Kier molecular flexibility index (Phi) is 6.95. The summed E-state index contributed by atoms with van der Waals surface area (Å²) in [5.74, 6) is -0.833. The maximum absolute atomic E-state index is 13.0. The summed E-state index contributed by atoms with van der Waals surface area (Å²) in [6, 6.07) is 21.7. The predicted octanol–water partition coefficient (Wildman–Crippen LogP) is 4.19. The molecule has 0 saturated carbocycles. The normalized spacial score (nSPS) is 11.7. The smallest absolute Gasteiger partial charge is 0.325 e. The molecule has 8 heteroatoms. The number of benzene rings is 3. The molecule has 3 aromatic rings. The van der Waals surface area contributed by atoms with Crippen LogP contribution in [0.1, 0.15) is 17.3 Å². The van der Waals surface area contributed by atoms with Gasteiger partial charge in [-0.05, 0) is 55.5 Å². The summed E-state index contributed by atoms with van der Waals surface area (Å²) in [5, 5.41) is 2.50. The molecule has 1 heterocycles. The first kappa shape index (κ1) is 22.4. The van der Waals surface area contributed by atoms with Gasteiger partial charge in [-0.25, -0.2) is 0 Å². The topological polar surface area (TPSA) is 84.9 Å². The van der Waals surface area contributed by atoms with Crippen molar-refractivity contribution in [2.24, 2.45) is 0 Å². The molecule has 1 N–H and O–H groups in total. The molecule has 0 aromatic heterocycles. The van der Waals surface area contributed by atoms with Crippen LogP contribution >= 0.6 is 11.8 Å². The Hall–Kier alpha value is -3.78. The molecule has 0 radical (unpaired) electrons. The lowest BCUT2D eigenvalue weighted by Crippen LogP contribution is -2.35. The minimum atomic E-state index is -0.699. The number of hydrogen-bond donors (Lipinski definition) is 1.